The molecule has 4 aliphatic rings. The van der Waals surface area contributed by atoms with E-state index in [1.54, 1.807) is 36.6 Å². The normalized spacial score (nSPS) is 22.5. The number of esters is 1. The molecule has 2 aromatic heterocycles. The van der Waals surface area contributed by atoms with E-state index in [1.165, 1.54) is 18.3 Å². The summed E-state index contributed by atoms with van der Waals surface area (Å²) in [5, 5.41) is 17.6. The van der Waals surface area contributed by atoms with Gasteiger partial charge in [0.05, 0.1) is 12.0 Å². The quantitative estimate of drug-likeness (QED) is 0.199. The monoisotopic (exact) mass is 753 g/mol. The molecule has 0 radical (unpaired) electrons. The smallest absolute Gasteiger partial charge is 0.306 e. The lowest BCUT2D eigenvalue weighted by Crippen LogP contribution is -2.61. The fraction of sp³-hybridized carbons (Fsp3) is 0.684. The number of nitrogens with zero attached hydrogens (tertiary/aromatic N) is 5. The summed E-state index contributed by atoms with van der Waals surface area (Å²) in [6.07, 6.45) is 8.98. The number of fused-ring (bicyclic) bond motifs is 3. The highest BCUT2D eigenvalue weighted by Gasteiger charge is 2.43. The van der Waals surface area contributed by atoms with Crippen LogP contribution >= 0.6 is 11.3 Å². The maximum atomic E-state index is 14.3. The molecule has 2 aromatic rings. The van der Waals surface area contributed by atoms with Crippen LogP contribution in [0.3, 0.4) is 0 Å². The minimum Gasteiger partial charge on any atom is -0.481 e. The number of hydrogen-bond acceptors (Lipinski definition) is 11. The number of carbonyl (C=O) groups excluding carboxylic acids is 4. The van der Waals surface area contributed by atoms with Crippen molar-refractivity contribution in [2.75, 3.05) is 20.1 Å². The van der Waals surface area contributed by atoms with Crippen molar-refractivity contribution in [3.63, 3.8) is 0 Å². The lowest BCUT2D eigenvalue weighted by Gasteiger charge is -2.45. The van der Waals surface area contributed by atoms with Gasteiger partial charge in [0.15, 0.2) is 6.10 Å². The van der Waals surface area contributed by atoms with Crippen LogP contribution in [0.1, 0.15) is 112 Å². The standard InChI is InChI=1S/C38H55N7O7S/c1-21(2)29(44(6)37(49)33(26-8-7-9-26)43-35(48)30-15-25-10-12-45(30)13-11-25)17-31(52-24(5)46)36-42-28(20-53-36)34(47)41-27(14-23(4)38(50)51)16-32-39-18-22(3)19-40-32/h18-21,23,25-27,29-31,33H,7-17H2,1-6H3,(H,41,47)(H,43,48)(H,50,51)/t23-,27+,29+,30+,31+,33-/m0/s1. The maximum Gasteiger partial charge on any atom is 0.306 e. The van der Waals surface area contributed by atoms with Crippen molar-refractivity contribution < 1.29 is 33.8 Å². The van der Waals surface area contributed by atoms with Crippen molar-refractivity contribution in [3.05, 3.63) is 39.9 Å². The predicted octanol–water partition coefficient (Wildman–Crippen LogP) is 3.94. The molecular weight excluding hydrogens is 699 g/mol. The molecule has 1 saturated carbocycles. The number of aromatic nitrogens is 3. The number of carbonyl (C=O) groups is 5. The SMILES string of the molecule is CC(=O)O[C@H](C[C@H](C(C)C)N(C)C(=O)[C@@H](NC(=O)[C@H]1CC2CCN1CC2)C1CCC1)c1nc(C(=O)N[C@@H](Cc2ncc(C)cn2)C[C@H](C)C(=O)O)cs1. The molecule has 53 heavy (non-hydrogen) atoms. The number of amides is 3. The van der Waals surface area contributed by atoms with E-state index in [0.717, 1.165) is 57.2 Å². The summed E-state index contributed by atoms with van der Waals surface area (Å²) in [6, 6.07) is -1.78. The van der Waals surface area contributed by atoms with Gasteiger partial charge < -0.3 is 25.4 Å². The summed E-state index contributed by atoms with van der Waals surface area (Å²) in [5.74, 6) is -1.88. The molecule has 14 nitrogen and oxygen atoms in total. The third-order valence-electron chi connectivity index (χ3n) is 11.2. The largest absolute Gasteiger partial charge is 0.481 e. The second kappa shape index (κ2) is 17.9. The first-order valence-corrected chi connectivity index (χ1v) is 19.8. The van der Waals surface area contributed by atoms with Crippen LogP contribution in [0, 0.1) is 30.6 Å². The first-order valence-electron chi connectivity index (χ1n) is 18.9. The molecule has 3 saturated heterocycles. The summed E-state index contributed by atoms with van der Waals surface area (Å²) in [4.78, 5) is 82.6. The number of aryl methyl sites for hydroxylation is 1. The Morgan fingerprint density at radius 2 is 1.72 bits per heavy atom. The van der Waals surface area contributed by atoms with Gasteiger partial charge in [-0.2, -0.15) is 0 Å². The van der Waals surface area contributed by atoms with Gasteiger partial charge >= 0.3 is 11.9 Å². The van der Waals surface area contributed by atoms with Gasteiger partial charge in [-0.1, -0.05) is 27.2 Å². The van der Waals surface area contributed by atoms with Gasteiger partial charge in [0.25, 0.3) is 5.91 Å². The molecule has 0 spiro atoms. The Labute approximate surface area is 315 Å². The van der Waals surface area contributed by atoms with Crippen LogP contribution in [0.4, 0.5) is 0 Å². The third kappa shape index (κ3) is 10.4. The van der Waals surface area contributed by atoms with Crippen molar-refractivity contribution in [3.8, 4) is 0 Å². The molecule has 0 aromatic carbocycles. The van der Waals surface area contributed by atoms with E-state index < -0.39 is 42.0 Å². The number of ether oxygens (including phenoxy) is 1. The number of nitrogens with one attached hydrogen (secondary N) is 2. The molecule has 0 unspecified atom stereocenters. The molecule has 3 amide bonds. The first-order chi connectivity index (χ1) is 25.2. The van der Waals surface area contributed by atoms with Crippen molar-refractivity contribution >= 4 is 41.0 Å². The molecule has 6 atom stereocenters. The number of rotatable bonds is 17. The summed E-state index contributed by atoms with van der Waals surface area (Å²) in [6.45, 7) is 10.6. The van der Waals surface area contributed by atoms with Crippen molar-refractivity contribution in [2.24, 2.45) is 23.7 Å². The Balaban J connectivity index is 1.29. The Hall–Kier alpha value is -3.98. The van der Waals surface area contributed by atoms with E-state index >= 15 is 0 Å². The minimum atomic E-state index is -0.979. The number of carboxylic acid groups (broad SMARTS) is 1. The summed E-state index contributed by atoms with van der Waals surface area (Å²) >= 11 is 1.17. The third-order valence-corrected chi connectivity index (χ3v) is 12.1. The van der Waals surface area contributed by atoms with Gasteiger partial charge in [0.2, 0.25) is 11.8 Å². The Morgan fingerprint density at radius 1 is 1.04 bits per heavy atom. The fourth-order valence-electron chi connectivity index (χ4n) is 7.79. The summed E-state index contributed by atoms with van der Waals surface area (Å²) in [5.41, 5.74) is 0.982. The van der Waals surface area contributed by atoms with Crippen LogP contribution in [0.5, 0.6) is 0 Å². The molecule has 3 N–H and O–H groups in total. The molecule has 3 aliphatic heterocycles. The second-order valence-electron chi connectivity index (χ2n) is 15.6. The van der Waals surface area contributed by atoms with Crippen LogP contribution in [0.15, 0.2) is 17.8 Å². The zero-order valence-electron chi connectivity index (χ0n) is 31.7. The zero-order chi connectivity index (χ0) is 38.4. The van der Waals surface area contributed by atoms with Crippen LogP contribution in [-0.4, -0.2) is 104 Å². The molecule has 15 heteroatoms. The van der Waals surface area contributed by atoms with Crippen molar-refractivity contribution in [2.45, 2.75) is 123 Å². The fourth-order valence-corrected chi connectivity index (χ4v) is 8.63. The van der Waals surface area contributed by atoms with Crippen LogP contribution in [0.2, 0.25) is 0 Å². The molecule has 2 bridgehead atoms. The molecular formula is C38H55N7O7S. The summed E-state index contributed by atoms with van der Waals surface area (Å²) in [7, 11) is 1.75. The topological polar surface area (TPSA) is 184 Å². The average molecular weight is 754 g/mol. The Morgan fingerprint density at radius 3 is 2.26 bits per heavy atom. The van der Waals surface area contributed by atoms with E-state index in [2.05, 4.69) is 30.5 Å². The van der Waals surface area contributed by atoms with Gasteiger partial charge in [-0.25, -0.2) is 15.0 Å². The number of thiazole rings is 1. The van der Waals surface area contributed by atoms with Crippen LogP contribution in [0.25, 0.3) is 0 Å². The molecule has 290 valence electrons. The van der Waals surface area contributed by atoms with Gasteiger partial charge in [-0.15, -0.1) is 11.3 Å². The number of likely N-dealkylation sites (N-methyl/N-ethyl adjacent to an activating group) is 1. The van der Waals surface area contributed by atoms with E-state index in [0.29, 0.717) is 16.7 Å². The van der Waals surface area contributed by atoms with Gasteiger partial charge in [0, 0.05) is 56.7 Å². The zero-order valence-corrected chi connectivity index (χ0v) is 32.6. The number of hydrogen-bond donors (Lipinski definition) is 3. The molecule has 1 aliphatic carbocycles. The van der Waals surface area contributed by atoms with Gasteiger partial charge in [-0.05, 0) is 81.9 Å². The molecule has 6 rings (SSSR count). The number of aliphatic carboxylic acids is 1. The van der Waals surface area contributed by atoms with E-state index in [9.17, 15) is 29.1 Å². The Kier molecular flexibility index (Phi) is 13.6. The van der Waals surface area contributed by atoms with E-state index in [1.807, 2.05) is 20.8 Å². The minimum absolute atomic E-state index is 0.0383. The van der Waals surface area contributed by atoms with Crippen molar-refractivity contribution in [1.82, 2.24) is 35.4 Å². The second-order valence-corrected chi connectivity index (χ2v) is 16.5. The predicted molar refractivity (Wildman–Crippen MR) is 198 cm³/mol. The lowest BCUT2D eigenvalue weighted by atomic mass is 9.78. The highest BCUT2D eigenvalue weighted by Crippen LogP contribution is 2.35. The maximum absolute atomic E-state index is 14.3. The average Bonchev–Trinajstić information content (AvgIpc) is 3.60. The van der Waals surface area contributed by atoms with Crippen molar-refractivity contribution in [1.29, 1.82) is 0 Å². The van der Waals surface area contributed by atoms with E-state index in [4.69, 9.17) is 4.74 Å². The van der Waals surface area contributed by atoms with Crippen LogP contribution < -0.4 is 10.6 Å². The summed E-state index contributed by atoms with van der Waals surface area (Å²) < 4.78 is 5.78. The number of carboxylic acids is 1. The van der Waals surface area contributed by atoms with E-state index in [-0.39, 0.29) is 60.7 Å². The van der Waals surface area contributed by atoms with Gasteiger partial charge in [0.1, 0.15) is 22.6 Å². The highest BCUT2D eigenvalue weighted by atomic mass is 32.1. The van der Waals surface area contributed by atoms with Gasteiger partial charge in [-0.3, -0.25) is 28.9 Å². The molecule has 4 fully saturated rings. The lowest BCUT2D eigenvalue weighted by molar-refractivity contribution is -0.149. The number of piperidine rings is 3. The van der Waals surface area contributed by atoms with Crippen LogP contribution in [-0.2, 0) is 30.3 Å². The highest BCUT2D eigenvalue weighted by molar-refractivity contribution is 7.09. The first kappa shape index (κ1) is 40.2. The Bertz CT molecular complexity index is 1610. The molecule has 5 heterocycles.